The molecule has 1 rings (SSSR count). The normalized spacial score (nSPS) is 12.7. The average molecular weight is 205 g/mol. The average Bonchev–Trinajstić information content (AvgIpc) is 2.25. The molecular formula is C14H21O. The summed E-state index contributed by atoms with van der Waals surface area (Å²) < 4.78 is 0. The van der Waals surface area contributed by atoms with Gasteiger partial charge in [-0.05, 0) is 42.9 Å². The zero-order valence-corrected chi connectivity index (χ0v) is 9.74. The summed E-state index contributed by atoms with van der Waals surface area (Å²) in [5, 5.41) is 9.18. The van der Waals surface area contributed by atoms with Crippen molar-refractivity contribution in [2.24, 2.45) is 0 Å². The summed E-state index contributed by atoms with van der Waals surface area (Å²) in [5.41, 5.74) is 1.32. The van der Waals surface area contributed by atoms with Crippen LogP contribution >= 0.6 is 0 Å². The van der Waals surface area contributed by atoms with E-state index in [1.165, 1.54) is 31.2 Å². The molecule has 0 heterocycles. The van der Waals surface area contributed by atoms with Crippen LogP contribution in [-0.2, 0) is 0 Å². The highest BCUT2D eigenvalue weighted by Crippen LogP contribution is 2.23. The molecule has 0 aliphatic heterocycles. The Balaban J connectivity index is 2.33. The van der Waals surface area contributed by atoms with Crippen LogP contribution in [0.4, 0.5) is 0 Å². The van der Waals surface area contributed by atoms with Crippen molar-refractivity contribution in [1.82, 2.24) is 0 Å². The standard InChI is InChI=1S/C14H21O/c1-3-4-5-6-7-12(2)13-8-10-14(15)11-9-13/h5,8-12,15H,3-4,6-7H2,1-2H3. The molecule has 15 heavy (non-hydrogen) atoms. The van der Waals surface area contributed by atoms with E-state index in [2.05, 4.69) is 20.3 Å². The SMILES string of the molecule is CCC[CH]CCC(C)c1ccc(O)cc1. The number of phenols is 1. The highest BCUT2D eigenvalue weighted by molar-refractivity contribution is 5.27. The number of rotatable bonds is 6. The highest BCUT2D eigenvalue weighted by atomic mass is 16.3. The van der Waals surface area contributed by atoms with Crippen LogP contribution in [0.3, 0.4) is 0 Å². The van der Waals surface area contributed by atoms with Crippen LogP contribution in [-0.4, -0.2) is 5.11 Å². The first-order valence-corrected chi connectivity index (χ1v) is 5.84. The summed E-state index contributed by atoms with van der Waals surface area (Å²) >= 11 is 0. The topological polar surface area (TPSA) is 20.2 Å². The minimum absolute atomic E-state index is 0.350. The van der Waals surface area contributed by atoms with Crippen LogP contribution in [0, 0.1) is 6.42 Å². The smallest absolute Gasteiger partial charge is 0.115 e. The zero-order valence-electron chi connectivity index (χ0n) is 9.74. The Morgan fingerprint density at radius 3 is 2.47 bits per heavy atom. The van der Waals surface area contributed by atoms with Gasteiger partial charge in [0.15, 0.2) is 0 Å². The van der Waals surface area contributed by atoms with E-state index in [-0.39, 0.29) is 0 Å². The number of aromatic hydroxyl groups is 1. The van der Waals surface area contributed by atoms with Gasteiger partial charge >= 0.3 is 0 Å². The Kier molecular flexibility index (Phi) is 5.23. The fraction of sp³-hybridized carbons (Fsp3) is 0.500. The number of benzene rings is 1. The Morgan fingerprint density at radius 1 is 1.20 bits per heavy atom. The molecule has 0 saturated carbocycles. The number of hydrogen-bond acceptors (Lipinski definition) is 1. The predicted octanol–water partition coefficient (Wildman–Crippen LogP) is 4.28. The second kappa shape index (κ2) is 6.49. The molecule has 0 saturated heterocycles. The first-order chi connectivity index (χ1) is 7.24. The van der Waals surface area contributed by atoms with Crippen molar-refractivity contribution in [2.75, 3.05) is 0 Å². The lowest BCUT2D eigenvalue weighted by Gasteiger charge is -2.11. The largest absolute Gasteiger partial charge is 0.508 e. The molecule has 1 aromatic carbocycles. The molecule has 1 heteroatoms. The van der Waals surface area contributed by atoms with Crippen LogP contribution in [0.15, 0.2) is 24.3 Å². The van der Waals surface area contributed by atoms with Gasteiger partial charge in [-0.3, -0.25) is 0 Å². The van der Waals surface area contributed by atoms with E-state index < -0.39 is 0 Å². The van der Waals surface area contributed by atoms with Crippen molar-refractivity contribution < 1.29 is 5.11 Å². The number of hydrogen-bond donors (Lipinski definition) is 1. The van der Waals surface area contributed by atoms with Gasteiger partial charge in [0, 0.05) is 0 Å². The number of unbranched alkanes of at least 4 members (excludes halogenated alkanes) is 3. The molecule has 0 fully saturated rings. The van der Waals surface area contributed by atoms with Crippen molar-refractivity contribution in [1.29, 1.82) is 0 Å². The summed E-state index contributed by atoms with van der Waals surface area (Å²) in [6.07, 6.45) is 7.23. The molecule has 0 spiro atoms. The van der Waals surface area contributed by atoms with Gasteiger partial charge < -0.3 is 5.11 Å². The summed E-state index contributed by atoms with van der Waals surface area (Å²) in [6.45, 7) is 4.45. The lowest BCUT2D eigenvalue weighted by atomic mass is 9.95. The first kappa shape index (κ1) is 12.1. The van der Waals surface area contributed by atoms with Crippen LogP contribution in [0.5, 0.6) is 5.75 Å². The third-order valence-corrected chi connectivity index (χ3v) is 2.76. The zero-order chi connectivity index (χ0) is 11.1. The van der Waals surface area contributed by atoms with Crippen LogP contribution in [0.1, 0.15) is 51.0 Å². The second-order valence-electron chi connectivity index (χ2n) is 4.15. The predicted molar refractivity (Wildman–Crippen MR) is 65.0 cm³/mol. The molecule has 0 aromatic heterocycles. The molecule has 0 aliphatic carbocycles. The summed E-state index contributed by atoms with van der Waals surface area (Å²) in [6, 6.07) is 7.56. The van der Waals surface area contributed by atoms with E-state index in [1.54, 1.807) is 12.1 Å². The summed E-state index contributed by atoms with van der Waals surface area (Å²) in [7, 11) is 0. The van der Waals surface area contributed by atoms with Crippen molar-refractivity contribution >= 4 is 0 Å². The van der Waals surface area contributed by atoms with Gasteiger partial charge in [0.1, 0.15) is 5.75 Å². The van der Waals surface area contributed by atoms with Crippen molar-refractivity contribution in [3.8, 4) is 5.75 Å². The molecule has 1 aromatic rings. The Hall–Kier alpha value is -0.980. The first-order valence-electron chi connectivity index (χ1n) is 5.84. The summed E-state index contributed by atoms with van der Waals surface area (Å²) in [5.74, 6) is 0.933. The Morgan fingerprint density at radius 2 is 1.87 bits per heavy atom. The molecule has 0 bridgehead atoms. The van der Waals surface area contributed by atoms with E-state index in [0.717, 1.165) is 0 Å². The molecule has 83 valence electrons. The number of phenolic OH excluding ortho intramolecular Hbond substituents is 1. The molecule has 0 amide bonds. The molecule has 0 aliphatic rings. The molecule has 1 nitrogen and oxygen atoms in total. The fourth-order valence-electron chi connectivity index (χ4n) is 1.69. The van der Waals surface area contributed by atoms with Crippen LogP contribution in [0.2, 0.25) is 0 Å². The monoisotopic (exact) mass is 205 g/mol. The van der Waals surface area contributed by atoms with Crippen LogP contribution < -0.4 is 0 Å². The molecule has 1 unspecified atom stereocenters. The highest BCUT2D eigenvalue weighted by Gasteiger charge is 2.04. The maximum absolute atomic E-state index is 9.18. The third kappa shape index (κ3) is 4.37. The van der Waals surface area contributed by atoms with Gasteiger partial charge in [-0.15, -0.1) is 0 Å². The van der Waals surface area contributed by atoms with E-state index in [1.807, 2.05) is 12.1 Å². The lowest BCUT2D eigenvalue weighted by Crippen LogP contribution is -1.93. The van der Waals surface area contributed by atoms with E-state index >= 15 is 0 Å². The van der Waals surface area contributed by atoms with Crippen molar-refractivity contribution in [3.63, 3.8) is 0 Å². The quantitative estimate of drug-likeness (QED) is 0.687. The Labute approximate surface area is 93.1 Å². The van der Waals surface area contributed by atoms with Gasteiger partial charge in [-0.25, -0.2) is 0 Å². The van der Waals surface area contributed by atoms with E-state index in [9.17, 15) is 5.11 Å². The van der Waals surface area contributed by atoms with Gasteiger partial charge in [-0.1, -0.05) is 38.8 Å². The van der Waals surface area contributed by atoms with Gasteiger partial charge in [0.25, 0.3) is 0 Å². The second-order valence-corrected chi connectivity index (χ2v) is 4.15. The molecule has 1 N–H and O–H groups in total. The van der Waals surface area contributed by atoms with Crippen LogP contribution in [0.25, 0.3) is 0 Å². The summed E-state index contributed by atoms with van der Waals surface area (Å²) in [4.78, 5) is 0. The van der Waals surface area contributed by atoms with Gasteiger partial charge in [-0.2, -0.15) is 0 Å². The molecule has 1 radical (unpaired) electrons. The van der Waals surface area contributed by atoms with Crippen molar-refractivity contribution in [3.05, 3.63) is 36.2 Å². The maximum Gasteiger partial charge on any atom is 0.115 e. The van der Waals surface area contributed by atoms with Gasteiger partial charge in [0.05, 0.1) is 0 Å². The van der Waals surface area contributed by atoms with Gasteiger partial charge in [0.2, 0.25) is 0 Å². The van der Waals surface area contributed by atoms with E-state index in [0.29, 0.717) is 11.7 Å². The minimum atomic E-state index is 0.350. The fourth-order valence-corrected chi connectivity index (χ4v) is 1.69. The Bertz CT molecular complexity index is 263. The third-order valence-electron chi connectivity index (χ3n) is 2.76. The maximum atomic E-state index is 9.18. The minimum Gasteiger partial charge on any atom is -0.508 e. The molecule has 1 atom stereocenters. The van der Waals surface area contributed by atoms with E-state index in [4.69, 9.17) is 0 Å². The molecular weight excluding hydrogens is 184 g/mol. The van der Waals surface area contributed by atoms with Crippen molar-refractivity contribution in [2.45, 2.75) is 45.4 Å². The lowest BCUT2D eigenvalue weighted by molar-refractivity contribution is 0.474.